The number of aromatic nitrogens is 2. The maximum absolute atomic E-state index is 3.87. The minimum absolute atomic E-state index is 0.299. The van der Waals surface area contributed by atoms with E-state index in [1.165, 1.54) is 66.2 Å². The largest absolute Gasteiger partial charge is 0.354 e. The van der Waals surface area contributed by atoms with Crippen molar-refractivity contribution in [1.29, 1.82) is 0 Å². The molecule has 1 aliphatic rings. The summed E-state index contributed by atoms with van der Waals surface area (Å²) in [6, 6.07) is 46.6. The summed E-state index contributed by atoms with van der Waals surface area (Å²) < 4.78 is 2.44. The number of allylic oxidation sites excluding steroid dienone is 5. The molecule has 0 fully saturated rings. The molecule has 9 rings (SSSR count). The minimum atomic E-state index is -0.299. The van der Waals surface area contributed by atoms with E-state index in [0.717, 1.165) is 22.4 Å². The van der Waals surface area contributed by atoms with Crippen molar-refractivity contribution in [2.75, 3.05) is 4.90 Å². The number of H-pyrrole nitrogens is 1. The van der Waals surface area contributed by atoms with E-state index in [1.54, 1.807) is 0 Å². The molecule has 3 heteroatoms. The van der Waals surface area contributed by atoms with Crippen LogP contribution in [0.2, 0.25) is 0 Å². The second-order valence-electron chi connectivity index (χ2n) is 13.4. The number of aromatic amines is 1. The molecule has 0 unspecified atom stereocenters. The van der Waals surface area contributed by atoms with Crippen molar-refractivity contribution in [3.8, 4) is 5.69 Å². The molecule has 1 aliphatic heterocycles. The van der Waals surface area contributed by atoms with E-state index in [9.17, 15) is 0 Å². The molecule has 0 aliphatic carbocycles. The summed E-state index contributed by atoms with van der Waals surface area (Å²) in [5.74, 6) is 0. The first kappa shape index (κ1) is 29.1. The fourth-order valence-electron chi connectivity index (χ4n) is 8.26. The summed E-state index contributed by atoms with van der Waals surface area (Å²) in [7, 11) is 0. The molecule has 0 radical (unpaired) electrons. The molecule has 49 heavy (non-hydrogen) atoms. The van der Waals surface area contributed by atoms with Crippen LogP contribution < -0.4 is 4.90 Å². The van der Waals surface area contributed by atoms with Crippen LogP contribution in [0.15, 0.2) is 158 Å². The van der Waals surface area contributed by atoms with Gasteiger partial charge in [0.05, 0.1) is 22.4 Å². The molecule has 0 saturated heterocycles. The highest BCUT2D eigenvalue weighted by atomic mass is 15.2. The van der Waals surface area contributed by atoms with Crippen LogP contribution in [0.3, 0.4) is 0 Å². The van der Waals surface area contributed by atoms with Gasteiger partial charge in [0.25, 0.3) is 0 Å². The summed E-state index contributed by atoms with van der Waals surface area (Å²) in [6.07, 6.45) is 8.10. The van der Waals surface area contributed by atoms with Gasteiger partial charge in [0.2, 0.25) is 0 Å². The van der Waals surface area contributed by atoms with Crippen molar-refractivity contribution in [1.82, 2.24) is 9.55 Å². The van der Waals surface area contributed by atoms with Gasteiger partial charge in [0, 0.05) is 49.4 Å². The molecular formula is C46H37N3. The Morgan fingerprint density at radius 1 is 0.694 bits per heavy atom. The van der Waals surface area contributed by atoms with E-state index in [4.69, 9.17) is 0 Å². The highest BCUT2D eigenvalue weighted by Crippen LogP contribution is 2.57. The van der Waals surface area contributed by atoms with Crippen LogP contribution in [0.1, 0.15) is 37.5 Å². The average Bonchev–Trinajstić information content (AvgIpc) is 3.68. The molecule has 0 bridgehead atoms. The van der Waals surface area contributed by atoms with Gasteiger partial charge in [-0.1, -0.05) is 118 Å². The second-order valence-corrected chi connectivity index (χ2v) is 13.4. The maximum Gasteiger partial charge on any atom is 0.0602 e. The number of fused-ring (bicyclic) bond motifs is 10. The van der Waals surface area contributed by atoms with Crippen molar-refractivity contribution in [2.45, 2.75) is 26.2 Å². The molecule has 0 spiro atoms. The molecule has 0 atom stereocenters. The zero-order valence-corrected chi connectivity index (χ0v) is 28.0. The maximum atomic E-state index is 3.87. The number of nitrogens with zero attached hydrogens (tertiary/aromatic N) is 2. The smallest absolute Gasteiger partial charge is 0.0602 e. The van der Waals surface area contributed by atoms with E-state index in [2.05, 4.69) is 181 Å². The van der Waals surface area contributed by atoms with Crippen molar-refractivity contribution in [2.24, 2.45) is 0 Å². The molecule has 6 aromatic carbocycles. The first-order valence-electron chi connectivity index (χ1n) is 17.0. The van der Waals surface area contributed by atoms with Crippen LogP contribution in [-0.2, 0) is 5.41 Å². The normalized spacial score (nSPS) is 14.3. The van der Waals surface area contributed by atoms with E-state index in [0.29, 0.717) is 0 Å². The van der Waals surface area contributed by atoms with Gasteiger partial charge in [-0.3, -0.25) is 0 Å². The van der Waals surface area contributed by atoms with E-state index < -0.39 is 0 Å². The van der Waals surface area contributed by atoms with Crippen molar-refractivity contribution in [3.05, 3.63) is 175 Å². The van der Waals surface area contributed by atoms with Crippen molar-refractivity contribution in [3.63, 3.8) is 0 Å². The van der Waals surface area contributed by atoms with Gasteiger partial charge in [-0.15, -0.1) is 0 Å². The van der Waals surface area contributed by atoms with Crippen LogP contribution in [0.5, 0.6) is 0 Å². The summed E-state index contributed by atoms with van der Waals surface area (Å²) >= 11 is 0. The Morgan fingerprint density at radius 2 is 1.45 bits per heavy atom. The van der Waals surface area contributed by atoms with Crippen molar-refractivity contribution >= 4 is 66.2 Å². The van der Waals surface area contributed by atoms with Crippen LogP contribution >= 0.6 is 0 Å². The lowest BCUT2D eigenvalue weighted by Gasteiger charge is -2.43. The van der Waals surface area contributed by atoms with Gasteiger partial charge in [-0.25, -0.2) is 0 Å². The number of hydrogen-bond acceptors (Lipinski definition) is 1. The van der Waals surface area contributed by atoms with Gasteiger partial charge in [0.15, 0.2) is 0 Å². The lowest BCUT2D eigenvalue weighted by Crippen LogP contribution is -2.31. The standard InChI is InChI=1S/C46H37N3/c1-5-7-16-30(6-2)31-17-15-20-33(29-31)48-39-24-14-12-22-35(39)43-40(48)27-28-41-44(43)46(3,4)36-25-26-38-42(34-21-11-13-23-37(34)47-38)45(36)49(41)32-18-9-8-10-19-32/h5-29,47H,1H2,2-4H3/b16-7-,30-6+. The second kappa shape index (κ2) is 11.0. The third kappa shape index (κ3) is 4.22. The number of rotatable bonds is 5. The minimum Gasteiger partial charge on any atom is -0.354 e. The molecule has 2 aromatic heterocycles. The number of hydrogen-bond donors (Lipinski definition) is 1. The highest BCUT2D eigenvalue weighted by Gasteiger charge is 2.40. The van der Waals surface area contributed by atoms with Crippen molar-refractivity contribution < 1.29 is 0 Å². The predicted octanol–water partition coefficient (Wildman–Crippen LogP) is 12.7. The number of anilines is 3. The lowest BCUT2D eigenvalue weighted by molar-refractivity contribution is 0.639. The zero-order chi connectivity index (χ0) is 33.3. The van der Waals surface area contributed by atoms with Crippen LogP contribution in [-0.4, -0.2) is 9.55 Å². The van der Waals surface area contributed by atoms with Crippen LogP contribution in [0, 0.1) is 0 Å². The molecule has 0 amide bonds. The predicted molar refractivity (Wildman–Crippen MR) is 210 cm³/mol. The summed E-state index contributed by atoms with van der Waals surface area (Å²) in [4.78, 5) is 6.22. The Labute approximate surface area is 286 Å². The van der Waals surface area contributed by atoms with Gasteiger partial charge < -0.3 is 14.5 Å². The average molecular weight is 632 g/mol. The first-order chi connectivity index (χ1) is 24.0. The lowest BCUT2D eigenvalue weighted by atomic mass is 9.71. The number of nitrogens with one attached hydrogen (secondary N) is 1. The Bertz CT molecular complexity index is 2660. The SMILES string of the molecule is C=C/C=C\C(=C/C)c1cccc(-n2c3ccccc3c3c4c(ccc32)N(c2ccccc2)c2c(ccc3[nH]c5ccccc5c23)C4(C)C)c1. The van der Waals surface area contributed by atoms with Gasteiger partial charge in [-0.05, 0) is 83.8 Å². The fourth-order valence-corrected chi connectivity index (χ4v) is 8.26. The molecule has 236 valence electrons. The Morgan fingerprint density at radius 3 is 2.27 bits per heavy atom. The molecule has 3 nitrogen and oxygen atoms in total. The Kier molecular flexibility index (Phi) is 6.53. The Hall–Kier alpha value is -6.06. The summed E-state index contributed by atoms with van der Waals surface area (Å²) in [6.45, 7) is 10.8. The molecule has 3 heterocycles. The summed E-state index contributed by atoms with van der Waals surface area (Å²) in [5.41, 5.74) is 14.2. The van der Waals surface area contributed by atoms with Gasteiger partial charge in [-0.2, -0.15) is 0 Å². The monoisotopic (exact) mass is 631 g/mol. The van der Waals surface area contributed by atoms with Gasteiger partial charge >= 0.3 is 0 Å². The number of para-hydroxylation sites is 3. The zero-order valence-electron chi connectivity index (χ0n) is 28.0. The van der Waals surface area contributed by atoms with E-state index in [-0.39, 0.29) is 5.41 Å². The highest BCUT2D eigenvalue weighted by molar-refractivity contribution is 6.19. The third-order valence-corrected chi connectivity index (χ3v) is 10.4. The Balaban J connectivity index is 1.38. The number of benzene rings is 6. The fraction of sp³-hybridized carbons (Fsp3) is 0.0870. The van der Waals surface area contributed by atoms with Gasteiger partial charge in [0.1, 0.15) is 0 Å². The molecule has 1 N–H and O–H groups in total. The van der Waals surface area contributed by atoms with E-state index in [1.807, 2.05) is 12.2 Å². The molecule has 8 aromatic rings. The third-order valence-electron chi connectivity index (χ3n) is 10.4. The molecule has 0 saturated carbocycles. The topological polar surface area (TPSA) is 24.0 Å². The van der Waals surface area contributed by atoms with Crippen LogP contribution in [0.25, 0.3) is 54.9 Å². The van der Waals surface area contributed by atoms with Crippen LogP contribution in [0.4, 0.5) is 17.1 Å². The molecular weight excluding hydrogens is 595 g/mol. The summed E-state index contributed by atoms with van der Waals surface area (Å²) in [5, 5.41) is 5.07. The van der Waals surface area contributed by atoms with E-state index >= 15 is 0 Å². The first-order valence-corrected chi connectivity index (χ1v) is 17.0. The quantitative estimate of drug-likeness (QED) is 0.188.